The quantitative estimate of drug-likeness (QED) is 0.851. The van der Waals surface area contributed by atoms with Gasteiger partial charge in [0.2, 0.25) is 0 Å². The van der Waals surface area contributed by atoms with Crippen molar-refractivity contribution in [3.63, 3.8) is 0 Å². The Hall–Kier alpha value is -2.81. The first-order chi connectivity index (χ1) is 10.7. The van der Waals surface area contributed by atoms with E-state index in [0.29, 0.717) is 0 Å². The molecule has 2 aromatic rings. The highest BCUT2D eigenvalue weighted by Crippen LogP contribution is 2.39. The first-order valence-corrected chi connectivity index (χ1v) is 7.28. The molecule has 0 saturated heterocycles. The van der Waals surface area contributed by atoms with Crippen LogP contribution in [0.5, 0.6) is 0 Å². The van der Waals surface area contributed by atoms with Crippen molar-refractivity contribution in [3.05, 3.63) is 89.3 Å². The second-order valence-electron chi connectivity index (χ2n) is 5.44. The van der Waals surface area contributed by atoms with Gasteiger partial charge >= 0.3 is 0 Å². The van der Waals surface area contributed by atoms with Gasteiger partial charge in [0.15, 0.2) is 0 Å². The highest BCUT2D eigenvalue weighted by molar-refractivity contribution is 5.92. The van der Waals surface area contributed by atoms with E-state index in [-0.39, 0.29) is 11.7 Å². The molecular formula is C19H19N3. The number of allylic oxidation sites excluding steroid dienone is 1. The van der Waals surface area contributed by atoms with Gasteiger partial charge in [-0.05, 0) is 23.1 Å². The number of benzene rings is 2. The van der Waals surface area contributed by atoms with Crippen LogP contribution in [0.15, 0.2) is 77.6 Å². The van der Waals surface area contributed by atoms with E-state index in [1.165, 1.54) is 11.1 Å². The Bertz CT molecular complexity index is 757. The third-order valence-electron chi connectivity index (χ3n) is 3.98. The fourth-order valence-electron chi connectivity index (χ4n) is 2.92. The summed E-state index contributed by atoms with van der Waals surface area (Å²) in [7, 11) is 0. The van der Waals surface area contributed by atoms with Crippen molar-refractivity contribution in [3.8, 4) is 0 Å². The molecule has 1 aliphatic carbocycles. The molecule has 1 aliphatic rings. The van der Waals surface area contributed by atoms with Crippen LogP contribution in [0.1, 0.15) is 29.0 Å². The molecule has 0 bridgehead atoms. The van der Waals surface area contributed by atoms with Gasteiger partial charge in [-0.1, -0.05) is 61.2 Å². The summed E-state index contributed by atoms with van der Waals surface area (Å²) in [5, 5.41) is 0. The van der Waals surface area contributed by atoms with Crippen LogP contribution >= 0.6 is 0 Å². The van der Waals surface area contributed by atoms with Crippen molar-refractivity contribution in [2.24, 2.45) is 16.5 Å². The van der Waals surface area contributed by atoms with E-state index in [1.807, 2.05) is 12.1 Å². The zero-order chi connectivity index (χ0) is 15.5. The van der Waals surface area contributed by atoms with Gasteiger partial charge in [-0.3, -0.25) is 0 Å². The van der Waals surface area contributed by atoms with E-state index in [1.54, 1.807) is 6.21 Å². The molecule has 3 heteroatoms. The molecule has 0 radical (unpaired) electrons. The molecule has 3 rings (SSSR count). The largest absolute Gasteiger partial charge is 0.398 e. The molecular weight excluding hydrogens is 270 g/mol. The number of aliphatic imine (C=N–C) groups is 1. The van der Waals surface area contributed by atoms with Crippen LogP contribution in [0.25, 0.3) is 5.70 Å². The highest BCUT2D eigenvalue weighted by Gasteiger charge is 2.25. The molecule has 22 heavy (non-hydrogen) atoms. The number of hydrogen-bond donors (Lipinski definition) is 2. The fourth-order valence-corrected chi connectivity index (χ4v) is 2.92. The maximum absolute atomic E-state index is 6.34. The van der Waals surface area contributed by atoms with Crippen LogP contribution in [0.4, 0.5) is 0 Å². The Morgan fingerprint density at radius 3 is 2.50 bits per heavy atom. The summed E-state index contributed by atoms with van der Waals surface area (Å²) in [4.78, 5) is 4.12. The first kappa shape index (κ1) is 14.1. The molecule has 0 saturated carbocycles. The van der Waals surface area contributed by atoms with E-state index >= 15 is 0 Å². The zero-order valence-electron chi connectivity index (χ0n) is 12.4. The lowest BCUT2D eigenvalue weighted by atomic mass is 9.78. The number of nitrogens with two attached hydrogens (primary N) is 2. The van der Waals surface area contributed by atoms with Crippen molar-refractivity contribution >= 4 is 11.9 Å². The van der Waals surface area contributed by atoms with Gasteiger partial charge in [-0.2, -0.15) is 0 Å². The number of fused-ring (bicyclic) bond motifs is 1. The maximum atomic E-state index is 6.34. The lowest BCUT2D eigenvalue weighted by Gasteiger charge is -2.27. The van der Waals surface area contributed by atoms with Crippen LogP contribution in [-0.4, -0.2) is 6.21 Å². The van der Waals surface area contributed by atoms with Crippen LogP contribution in [0.2, 0.25) is 0 Å². The molecule has 0 amide bonds. The fraction of sp³-hybridized carbons (Fsp3) is 0.105. The summed E-state index contributed by atoms with van der Waals surface area (Å²) in [6, 6.07) is 18.7. The van der Waals surface area contributed by atoms with Crippen LogP contribution in [0, 0.1) is 0 Å². The number of rotatable bonds is 3. The predicted octanol–water partition coefficient (Wildman–Crippen LogP) is 3.39. The summed E-state index contributed by atoms with van der Waals surface area (Å²) < 4.78 is 0. The third kappa shape index (κ3) is 2.66. The zero-order valence-corrected chi connectivity index (χ0v) is 12.4. The van der Waals surface area contributed by atoms with Crippen LogP contribution in [-0.2, 0) is 0 Å². The Morgan fingerprint density at radius 2 is 1.77 bits per heavy atom. The summed E-state index contributed by atoms with van der Waals surface area (Å²) >= 11 is 0. The van der Waals surface area contributed by atoms with Gasteiger partial charge in [0.1, 0.15) is 5.82 Å². The lowest BCUT2D eigenvalue weighted by molar-refractivity contribution is 0.799. The summed E-state index contributed by atoms with van der Waals surface area (Å²) in [6.45, 7) is 3.60. The van der Waals surface area contributed by atoms with E-state index in [2.05, 4.69) is 54.0 Å². The molecule has 1 atom stereocenters. The minimum atomic E-state index is 0.275. The lowest BCUT2D eigenvalue weighted by Crippen LogP contribution is -2.17. The van der Waals surface area contributed by atoms with Gasteiger partial charge in [0, 0.05) is 23.4 Å². The minimum absolute atomic E-state index is 0.275. The van der Waals surface area contributed by atoms with Gasteiger partial charge in [-0.25, -0.2) is 4.99 Å². The van der Waals surface area contributed by atoms with Crippen molar-refractivity contribution in [2.45, 2.75) is 12.3 Å². The first-order valence-electron chi connectivity index (χ1n) is 7.28. The van der Waals surface area contributed by atoms with E-state index in [4.69, 9.17) is 11.5 Å². The van der Waals surface area contributed by atoms with Gasteiger partial charge in [0.05, 0.1) is 0 Å². The summed E-state index contributed by atoms with van der Waals surface area (Å²) in [6.07, 6.45) is 2.55. The Morgan fingerprint density at radius 1 is 1.09 bits per heavy atom. The minimum Gasteiger partial charge on any atom is -0.398 e. The molecule has 4 N–H and O–H groups in total. The topological polar surface area (TPSA) is 64.4 Å². The van der Waals surface area contributed by atoms with Gasteiger partial charge in [-0.15, -0.1) is 0 Å². The van der Waals surface area contributed by atoms with Crippen molar-refractivity contribution in [2.75, 3.05) is 0 Å². The monoisotopic (exact) mass is 289 g/mol. The van der Waals surface area contributed by atoms with Gasteiger partial charge < -0.3 is 11.5 Å². The molecule has 0 aromatic heterocycles. The molecule has 0 spiro atoms. The summed E-state index contributed by atoms with van der Waals surface area (Å²) in [5.41, 5.74) is 17.3. The molecule has 0 heterocycles. The predicted molar refractivity (Wildman–Crippen MR) is 92.3 cm³/mol. The smallest absolute Gasteiger partial charge is 0.116 e. The number of hydrogen-bond acceptors (Lipinski definition) is 3. The van der Waals surface area contributed by atoms with Crippen molar-refractivity contribution in [1.82, 2.24) is 0 Å². The second-order valence-corrected chi connectivity index (χ2v) is 5.44. The SMILES string of the molecule is C=C(N)N=CC1=C(N)c2ccccc2[C@@H](c2ccccc2)C1. The Labute approximate surface area is 130 Å². The van der Waals surface area contributed by atoms with E-state index < -0.39 is 0 Å². The normalized spacial score (nSPS) is 17.5. The van der Waals surface area contributed by atoms with Crippen molar-refractivity contribution in [1.29, 1.82) is 0 Å². The van der Waals surface area contributed by atoms with E-state index in [0.717, 1.165) is 23.3 Å². The Balaban J connectivity index is 2.10. The maximum Gasteiger partial charge on any atom is 0.116 e. The molecule has 110 valence electrons. The van der Waals surface area contributed by atoms with Gasteiger partial charge in [0.25, 0.3) is 0 Å². The molecule has 3 nitrogen and oxygen atoms in total. The molecule has 0 unspecified atom stereocenters. The summed E-state index contributed by atoms with van der Waals surface area (Å²) in [5.74, 6) is 0.563. The standard InChI is InChI=1S/C19H19N3/c1-13(20)22-12-15-11-18(14-7-3-2-4-8-14)16-9-5-6-10-17(16)19(15)21/h2-10,12,18H,1,11,20-21H2/t18-/m1/s1. The highest BCUT2D eigenvalue weighted by atomic mass is 14.9. The van der Waals surface area contributed by atoms with E-state index in [9.17, 15) is 0 Å². The molecule has 2 aromatic carbocycles. The number of nitrogens with zero attached hydrogens (tertiary/aromatic N) is 1. The van der Waals surface area contributed by atoms with Crippen molar-refractivity contribution < 1.29 is 0 Å². The Kier molecular flexibility index (Phi) is 3.79. The molecule has 0 aliphatic heterocycles. The molecule has 0 fully saturated rings. The average molecular weight is 289 g/mol. The average Bonchev–Trinajstić information content (AvgIpc) is 2.55. The van der Waals surface area contributed by atoms with Crippen LogP contribution in [0.3, 0.4) is 0 Å². The third-order valence-corrected chi connectivity index (χ3v) is 3.98. The van der Waals surface area contributed by atoms with Crippen LogP contribution < -0.4 is 11.5 Å². The second kappa shape index (κ2) is 5.90.